The maximum Gasteiger partial charge on any atom is 0.346 e. The highest BCUT2D eigenvalue weighted by Crippen LogP contribution is 2.35. The van der Waals surface area contributed by atoms with Crippen molar-refractivity contribution in [1.29, 1.82) is 5.26 Å². The number of benzene rings is 4. The van der Waals surface area contributed by atoms with Gasteiger partial charge in [0.25, 0.3) is 0 Å². The maximum atomic E-state index is 11.0. The van der Waals surface area contributed by atoms with E-state index in [1.54, 1.807) is 18.2 Å². The summed E-state index contributed by atoms with van der Waals surface area (Å²) in [5, 5.41) is 26.6. The standard InChI is InChI=1S/C32H22N4O3/c33-22-24(32(37)38)21-30-19-20-31(39-30)23-11-13-25(14-12-23)34-35-26-15-17-29(18-16-26)36(27-7-3-1-4-8-27)28-9-5-2-6-10-28/h1-21H,(H,37,38)/b24-21+,35-34?. The van der Waals surface area contributed by atoms with E-state index in [9.17, 15) is 4.79 Å². The topological polar surface area (TPSA) is 102 Å². The van der Waals surface area contributed by atoms with Gasteiger partial charge in [-0.25, -0.2) is 4.79 Å². The average molecular weight is 511 g/mol. The van der Waals surface area contributed by atoms with Crippen molar-refractivity contribution in [3.05, 3.63) is 133 Å². The molecule has 0 aliphatic rings. The molecule has 0 amide bonds. The van der Waals surface area contributed by atoms with Gasteiger partial charge in [0.1, 0.15) is 23.2 Å². The second-order valence-electron chi connectivity index (χ2n) is 8.45. The third-order valence-corrected chi connectivity index (χ3v) is 5.83. The van der Waals surface area contributed by atoms with E-state index >= 15 is 0 Å². The normalized spacial score (nSPS) is 11.3. The van der Waals surface area contributed by atoms with E-state index in [4.69, 9.17) is 14.8 Å². The van der Waals surface area contributed by atoms with E-state index in [2.05, 4.69) is 39.4 Å². The van der Waals surface area contributed by atoms with Crippen LogP contribution in [0, 0.1) is 11.3 Å². The Labute approximate surface area is 225 Å². The summed E-state index contributed by atoms with van der Waals surface area (Å²) >= 11 is 0. The third kappa shape index (κ3) is 5.98. The van der Waals surface area contributed by atoms with E-state index in [0.29, 0.717) is 11.4 Å². The summed E-state index contributed by atoms with van der Waals surface area (Å²) in [6.45, 7) is 0. The molecule has 5 rings (SSSR count). The number of anilines is 3. The fourth-order valence-corrected chi connectivity index (χ4v) is 3.95. The van der Waals surface area contributed by atoms with Crippen molar-refractivity contribution in [3.63, 3.8) is 0 Å². The molecule has 0 saturated carbocycles. The summed E-state index contributed by atoms with van der Waals surface area (Å²) in [5.41, 5.74) is 4.91. The van der Waals surface area contributed by atoms with Crippen LogP contribution in [0.25, 0.3) is 17.4 Å². The van der Waals surface area contributed by atoms with Crippen LogP contribution in [0.2, 0.25) is 0 Å². The Bertz CT molecular complexity index is 1630. The monoisotopic (exact) mass is 510 g/mol. The first-order valence-corrected chi connectivity index (χ1v) is 12.1. The zero-order chi connectivity index (χ0) is 27.0. The Balaban J connectivity index is 1.30. The van der Waals surface area contributed by atoms with Gasteiger partial charge in [-0.2, -0.15) is 15.5 Å². The minimum absolute atomic E-state index is 0.286. The molecule has 0 bridgehead atoms. The molecular weight excluding hydrogens is 488 g/mol. The van der Waals surface area contributed by atoms with Gasteiger partial charge >= 0.3 is 5.97 Å². The van der Waals surface area contributed by atoms with Crippen LogP contribution in [0.1, 0.15) is 5.76 Å². The average Bonchev–Trinajstić information content (AvgIpc) is 3.45. The zero-order valence-corrected chi connectivity index (χ0v) is 20.7. The Morgan fingerprint density at radius 2 is 1.23 bits per heavy atom. The molecule has 0 atom stereocenters. The molecule has 1 N–H and O–H groups in total. The minimum atomic E-state index is -1.30. The van der Waals surface area contributed by atoms with Gasteiger partial charge in [0.2, 0.25) is 0 Å². The molecule has 0 aliphatic carbocycles. The molecule has 4 aromatic carbocycles. The Kier molecular flexibility index (Phi) is 7.38. The van der Waals surface area contributed by atoms with E-state index in [0.717, 1.165) is 28.3 Å². The van der Waals surface area contributed by atoms with Crippen molar-refractivity contribution >= 4 is 40.5 Å². The van der Waals surface area contributed by atoms with Crippen LogP contribution < -0.4 is 4.90 Å². The zero-order valence-electron chi connectivity index (χ0n) is 20.7. The molecule has 5 aromatic rings. The lowest BCUT2D eigenvalue weighted by Gasteiger charge is -2.25. The molecule has 0 unspecified atom stereocenters. The molecule has 0 fully saturated rings. The summed E-state index contributed by atoms with van der Waals surface area (Å²) in [6.07, 6.45) is 1.19. The largest absolute Gasteiger partial charge is 0.477 e. The van der Waals surface area contributed by atoms with Crippen LogP contribution in [0.4, 0.5) is 28.4 Å². The van der Waals surface area contributed by atoms with Gasteiger partial charge in [0.05, 0.1) is 11.4 Å². The van der Waals surface area contributed by atoms with E-state index < -0.39 is 11.5 Å². The Morgan fingerprint density at radius 3 is 1.74 bits per heavy atom. The van der Waals surface area contributed by atoms with E-state index in [1.165, 1.54) is 6.08 Å². The van der Waals surface area contributed by atoms with Crippen molar-refractivity contribution in [2.45, 2.75) is 0 Å². The van der Waals surface area contributed by atoms with Gasteiger partial charge < -0.3 is 14.4 Å². The second kappa shape index (κ2) is 11.5. The molecule has 188 valence electrons. The summed E-state index contributed by atoms with van der Waals surface area (Å²) in [7, 11) is 0. The highest BCUT2D eigenvalue weighted by atomic mass is 16.4. The number of para-hydroxylation sites is 2. The van der Waals surface area contributed by atoms with Gasteiger partial charge in [-0.15, -0.1) is 0 Å². The number of nitriles is 1. The molecule has 1 aromatic heterocycles. The maximum absolute atomic E-state index is 11.0. The number of hydrogen-bond acceptors (Lipinski definition) is 6. The van der Waals surface area contributed by atoms with Crippen LogP contribution >= 0.6 is 0 Å². The first-order chi connectivity index (χ1) is 19.1. The van der Waals surface area contributed by atoms with Crippen molar-refractivity contribution in [3.8, 4) is 17.4 Å². The highest BCUT2D eigenvalue weighted by molar-refractivity contribution is 5.96. The number of nitrogens with zero attached hydrogens (tertiary/aromatic N) is 4. The summed E-state index contributed by atoms with van der Waals surface area (Å²) in [4.78, 5) is 13.2. The SMILES string of the molecule is N#C/C(=C\c1ccc(-c2ccc(N=Nc3ccc(N(c4ccccc4)c4ccccc4)cc3)cc2)o1)C(=O)O. The fourth-order valence-electron chi connectivity index (χ4n) is 3.95. The van der Waals surface area contributed by atoms with Crippen LogP contribution in [-0.2, 0) is 4.79 Å². The predicted molar refractivity (Wildman–Crippen MR) is 151 cm³/mol. The summed E-state index contributed by atoms with van der Waals surface area (Å²) in [5.74, 6) is -0.469. The van der Waals surface area contributed by atoms with Gasteiger partial charge in [-0.05, 0) is 84.9 Å². The first kappa shape index (κ1) is 24.9. The molecule has 0 saturated heterocycles. The van der Waals surface area contributed by atoms with Gasteiger partial charge in [0.15, 0.2) is 0 Å². The van der Waals surface area contributed by atoms with Crippen LogP contribution in [0.5, 0.6) is 0 Å². The summed E-state index contributed by atoms with van der Waals surface area (Å²) < 4.78 is 5.67. The lowest BCUT2D eigenvalue weighted by Crippen LogP contribution is -2.09. The number of carboxylic acids is 1. The first-order valence-electron chi connectivity index (χ1n) is 12.1. The lowest BCUT2D eigenvalue weighted by atomic mass is 10.1. The lowest BCUT2D eigenvalue weighted by molar-refractivity contribution is -0.132. The number of hydrogen-bond donors (Lipinski definition) is 1. The molecule has 7 heteroatoms. The van der Waals surface area contributed by atoms with Gasteiger partial charge in [-0.3, -0.25) is 0 Å². The number of furan rings is 1. The second-order valence-corrected chi connectivity index (χ2v) is 8.45. The number of carbonyl (C=O) groups is 1. The van der Waals surface area contributed by atoms with E-state index in [1.807, 2.05) is 84.9 Å². The number of aliphatic carboxylic acids is 1. The predicted octanol–water partition coefficient (Wildman–Crippen LogP) is 8.82. The van der Waals surface area contributed by atoms with Gasteiger partial charge in [-0.1, -0.05) is 36.4 Å². The van der Waals surface area contributed by atoms with Crippen molar-refractivity contribution < 1.29 is 14.3 Å². The molecule has 1 heterocycles. The quantitative estimate of drug-likeness (QED) is 0.128. The van der Waals surface area contributed by atoms with Crippen LogP contribution in [-0.4, -0.2) is 11.1 Å². The molecule has 0 aliphatic heterocycles. The number of carboxylic acid groups (broad SMARTS) is 1. The molecule has 7 nitrogen and oxygen atoms in total. The molecule has 39 heavy (non-hydrogen) atoms. The number of azo groups is 1. The smallest absolute Gasteiger partial charge is 0.346 e. The molecule has 0 spiro atoms. The molecular formula is C32H22N4O3. The highest BCUT2D eigenvalue weighted by Gasteiger charge is 2.12. The van der Waals surface area contributed by atoms with Crippen molar-refractivity contribution in [2.75, 3.05) is 4.90 Å². The number of rotatable bonds is 8. The third-order valence-electron chi connectivity index (χ3n) is 5.83. The van der Waals surface area contributed by atoms with Crippen LogP contribution in [0.15, 0.2) is 142 Å². The summed E-state index contributed by atoms with van der Waals surface area (Å²) in [6, 6.07) is 40.5. The van der Waals surface area contributed by atoms with Crippen molar-refractivity contribution in [1.82, 2.24) is 0 Å². The van der Waals surface area contributed by atoms with Crippen molar-refractivity contribution in [2.24, 2.45) is 10.2 Å². The Morgan fingerprint density at radius 1 is 0.718 bits per heavy atom. The van der Waals surface area contributed by atoms with Gasteiger partial charge in [0, 0.05) is 28.7 Å². The molecule has 0 radical (unpaired) electrons. The van der Waals surface area contributed by atoms with E-state index in [-0.39, 0.29) is 5.76 Å². The Hall–Kier alpha value is -5.74. The van der Waals surface area contributed by atoms with Crippen LogP contribution in [0.3, 0.4) is 0 Å². The minimum Gasteiger partial charge on any atom is -0.477 e. The fraction of sp³-hybridized carbons (Fsp3) is 0.